The number of rotatable bonds is 7. The first kappa shape index (κ1) is 22.5. The van der Waals surface area contributed by atoms with Crippen LogP contribution in [0.3, 0.4) is 0 Å². The molecule has 1 aliphatic rings. The van der Waals surface area contributed by atoms with E-state index in [2.05, 4.69) is 15.0 Å². The van der Waals surface area contributed by atoms with Crippen LogP contribution in [0.5, 0.6) is 11.5 Å². The van der Waals surface area contributed by atoms with E-state index in [1.807, 2.05) is 24.3 Å². The summed E-state index contributed by atoms with van der Waals surface area (Å²) in [7, 11) is -0.361. The number of hydrogen-bond donors (Lipinski definition) is 1. The fourth-order valence-electron chi connectivity index (χ4n) is 3.54. The summed E-state index contributed by atoms with van der Waals surface area (Å²) in [4.78, 5) is 6.86. The van der Waals surface area contributed by atoms with Crippen LogP contribution in [0.1, 0.15) is 0 Å². The highest BCUT2D eigenvalue weighted by Gasteiger charge is 2.28. The average molecular weight is 476 g/mol. The second kappa shape index (κ2) is 9.41. The number of aromatic amines is 1. The van der Waals surface area contributed by atoms with Gasteiger partial charge in [0.15, 0.2) is 5.82 Å². The van der Waals surface area contributed by atoms with Crippen molar-refractivity contribution in [1.29, 1.82) is 0 Å². The van der Waals surface area contributed by atoms with Crippen LogP contribution in [0.2, 0.25) is 0 Å². The van der Waals surface area contributed by atoms with Crippen LogP contribution in [0.4, 0.5) is 0 Å². The minimum Gasteiger partial charge on any atom is -0.497 e. The van der Waals surface area contributed by atoms with Crippen LogP contribution in [-0.4, -0.2) is 72.8 Å². The van der Waals surface area contributed by atoms with Crippen molar-refractivity contribution in [3.05, 3.63) is 53.3 Å². The number of sulfonamides is 1. The van der Waals surface area contributed by atoms with Crippen LogP contribution in [0.25, 0.3) is 11.4 Å². The maximum absolute atomic E-state index is 12.9. The lowest BCUT2D eigenvalue weighted by molar-refractivity contribution is 0.145. The minimum atomic E-state index is -3.54. The average Bonchev–Trinajstić information content (AvgIpc) is 3.19. The van der Waals surface area contributed by atoms with Crippen molar-refractivity contribution in [2.45, 2.75) is 11.6 Å². The maximum atomic E-state index is 12.9. The molecule has 1 saturated heterocycles. The number of aromatic nitrogens is 3. The van der Waals surface area contributed by atoms with Gasteiger partial charge in [-0.3, -0.25) is 10.00 Å². The molecule has 0 atom stereocenters. The first-order chi connectivity index (χ1) is 15.4. The van der Waals surface area contributed by atoms with E-state index in [0.717, 1.165) is 11.3 Å². The molecule has 0 bridgehead atoms. The minimum absolute atomic E-state index is 0.270. The maximum Gasteiger partial charge on any atom is 0.243 e. The second-order valence-electron chi connectivity index (χ2n) is 7.35. The van der Waals surface area contributed by atoms with E-state index in [0.29, 0.717) is 49.2 Å². The van der Waals surface area contributed by atoms with E-state index in [1.165, 1.54) is 4.31 Å². The topological polar surface area (TPSA) is 92.7 Å². The Kier molecular flexibility index (Phi) is 6.60. The number of nitrogens with one attached hydrogen (secondary N) is 1. The molecular formula is C21H25N5O4S2. The largest absolute Gasteiger partial charge is 0.497 e. The normalized spacial score (nSPS) is 15.6. The monoisotopic (exact) mass is 475 g/mol. The van der Waals surface area contributed by atoms with Gasteiger partial charge in [0.2, 0.25) is 14.8 Å². The van der Waals surface area contributed by atoms with Crippen molar-refractivity contribution >= 4 is 22.2 Å². The summed E-state index contributed by atoms with van der Waals surface area (Å²) in [5, 5.41) is 3.24. The summed E-state index contributed by atoms with van der Waals surface area (Å²) < 4.78 is 39.9. The molecule has 170 valence electrons. The van der Waals surface area contributed by atoms with Crippen LogP contribution in [0.15, 0.2) is 53.4 Å². The number of hydrogen-bond acceptors (Lipinski definition) is 7. The molecule has 1 fully saturated rings. The van der Waals surface area contributed by atoms with Crippen LogP contribution in [-0.2, 0) is 16.7 Å². The molecule has 0 radical (unpaired) electrons. The molecule has 0 unspecified atom stereocenters. The van der Waals surface area contributed by atoms with Gasteiger partial charge in [0.1, 0.15) is 11.5 Å². The fraction of sp³-hybridized carbons (Fsp3) is 0.333. The third-order valence-electron chi connectivity index (χ3n) is 5.41. The van der Waals surface area contributed by atoms with Crippen molar-refractivity contribution in [1.82, 2.24) is 24.0 Å². The van der Waals surface area contributed by atoms with Gasteiger partial charge in [-0.2, -0.15) is 9.29 Å². The molecule has 32 heavy (non-hydrogen) atoms. The number of benzene rings is 2. The van der Waals surface area contributed by atoms with E-state index in [-0.39, 0.29) is 4.90 Å². The van der Waals surface area contributed by atoms with E-state index < -0.39 is 10.0 Å². The molecule has 0 spiro atoms. The molecule has 0 aliphatic carbocycles. The third-order valence-corrected chi connectivity index (χ3v) is 7.64. The van der Waals surface area contributed by atoms with Gasteiger partial charge < -0.3 is 9.47 Å². The molecule has 9 nitrogen and oxygen atoms in total. The highest BCUT2D eigenvalue weighted by Crippen LogP contribution is 2.22. The molecule has 2 aromatic carbocycles. The van der Waals surface area contributed by atoms with Crippen LogP contribution in [0, 0.1) is 4.77 Å². The zero-order chi connectivity index (χ0) is 22.7. The Hall–Kier alpha value is -2.73. The Morgan fingerprint density at radius 2 is 1.50 bits per heavy atom. The SMILES string of the molecule is COc1ccc(-c2nc(=S)n(CN3CCN(S(=O)(=O)c4ccc(OC)cc4)CC3)[nH]2)cc1. The van der Waals surface area contributed by atoms with Gasteiger partial charge in [-0.1, -0.05) is 0 Å². The third kappa shape index (κ3) is 4.70. The Balaban J connectivity index is 1.39. The first-order valence-electron chi connectivity index (χ1n) is 10.1. The van der Waals surface area contributed by atoms with Crippen molar-refractivity contribution in [3.8, 4) is 22.9 Å². The van der Waals surface area contributed by atoms with Crippen molar-refractivity contribution in [2.75, 3.05) is 40.4 Å². The lowest BCUT2D eigenvalue weighted by atomic mass is 10.2. The van der Waals surface area contributed by atoms with Gasteiger partial charge in [-0.15, -0.1) is 0 Å². The summed E-state index contributed by atoms with van der Waals surface area (Å²) in [6, 6.07) is 14.0. The standard InChI is InChI=1S/C21H25N5O4S2/c1-29-17-5-3-16(4-6-17)20-22-21(31)26(23-20)15-24-11-13-25(14-12-24)32(27,28)19-9-7-18(30-2)8-10-19/h3-10H,11-15H2,1-2H3,(H,22,23,31). The smallest absolute Gasteiger partial charge is 0.243 e. The summed E-state index contributed by atoms with van der Waals surface area (Å²) in [6.45, 7) is 2.50. The predicted octanol–water partition coefficient (Wildman–Crippen LogP) is 2.59. The Bertz CT molecular complexity index is 1210. The number of H-pyrrole nitrogens is 1. The molecule has 3 aromatic rings. The molecule has 0 saturated carbocycles. The highest BCUT2D eigenvalue weighted by molar-refractivity contribution is 7.89. The summed E-state index contributed by atoms with van der Waals surface area (Å²) in [6.07, 6.45) is 0. The van der Waals surface area contributed by atoms with Gasteiger partial charge in [0, 0.05) is 31.7 Å². The van der Waals surface area contributed by atoms with Crippen molar-refractivity contribution in [2.24, 2.45) is 0 Å². The van der Waals surface area contributed by atoms with Crippen LogP contribution >= 0.6 is 12.2 Å². The van der Waals surface area contributed by atoms with E-state index in [4.69, 9.17) is 21.7 Å². The molecule has 4 rings (SSSR count). The number of piperazine rings is 1. The van der Waals surface area contributed by atoms with Crippen molar-refractivity contribution in [3.63, 3.8) is 0 Å². The molecule has 2 heterocycles. The molecule has 1 N–H and O–H groups in total. The van der Waals surface area contributed by atoms with E-state index >= 15 is 0 Å². The van der Waals surface area contributed by atoms with Gasteiger partial charge in [-0.05, 0) is 60.7 Å². The number of methoxy groups -OCH3 is 2. The number of ether oxygens (including phenoxy) is 2. The molecule has 11 heteroatoms. The quantitative estimate of drug-likeness (QED) is 0.525. The zero-order valence-corrected chi connectivity index (χ0v) is 19.5. The Morgan fingerprint density at radius 3 is 2.06 bits per heavy atom. The molecule has 0 amide bonds. The van der Waals surface area contributed by atoms with E-state index in [9.17, 15) is 8.42 Å². The van der Waals surface area contributed by atoms with E-state index in [1.54, 1.807) is 43.2 Å². The Labute approximate surface area is 192 Å². The molecule has 1 aliphatic heterocycles. The predicted molar refractivity (Wildman–Crippen MR) is 123 cm³/mol. The van der Waals surface area contributed by atoms with Crippen LogP contribution < -0.4 is 9.47 Å². The highest BCUT2D eigenvalue weighted by atomic mass is 32.2. The molecular weight excluding hydrogens is 450 g/mol. The molecule has 1 aromatic heterocycles. The Morgan fingerprint density at radius 1 is 0.938 bits per heavy atom. The first-order valence-corrected chi connectivity index (χ1v) is 11.9. The summed E-state index contributed by atoms with van der Waals surface area (Å²) in [5.74, 6) is 2.08. The van der Waals surface area contributed by atoms with Gasteiger partial charge >= 0.3 is 0 Å². The lowest BCUT2D eigenvalue weighted by Gasteiger charge is -2.33. The second-order valence-corrected chi connectivity index (χ2v) is 9.65. The van der Waals surface area contributed by atoms with Crippen molar-refractivity contribution < 1.29 is 17.9 Å². The number of nitrogens with zero attached hydrogens (tertiary/aromatic N) is 4. The zero-order valence-electron chi connectivity index (χ0n) is 17.9. The van der Waals surface area contributed by atoms with Gasteiger partial charge in [-0.25, -0.2) is 13.1 Å². The van der Waals surface area contributed by atoms with Gasteiger partial charge in [0.05, 0.1) is 25.8 Å². The lowest BCUT2D eigenvalue weighted by Crippen LogP contribution is -2.48. The summed E-state index contributed by atoms with van der Waals surface area (Å²) >= 11 is 5.41. The fourth-order valence-corrected chi connectivity index (χ4v) is 5.16. The summed E-state index contributed by atoms with van der Waals surface area (Å²) in [5.41, 5.74) is 0.908. The van der Waals surface area contributed by atoms with Gasteiger partial charge in [0.25, 0.3) is 0 Å².